The number of benzene rings is 2. The molecule has 2 aromatic rings. The first-order valence-corrected chi connectivity index (χ1v) is 9.31. The molecular formula is C20H21ClN2O4. The molecule has 1 saturated heterocycles. The van der Waals surface area contributed by atoms with E-state index in [1.54, 1.807) is 17.0 Å². The number of aromatic hydroxyl groups is 1. The zero-order valence-electron chi connectivity index (χ0n) is 14.9. The molecule has 0 saturated carbocycles. The molecule has 0 radical (unpaired) electrons. The summed E-state index contributed by atoms with van der Waals surface area (Å²) in [5.41, 5.74) is 2.12. The number of para-hydroxylation sites is 1. The van der Waals surface area contributed by atoms with E-state index in [2.05, 4.69) is 5.32 Å². The molecule has 142 valence electrons. The molecular weight excluding hydrogens is 368 g/mol. The van der Waals surface area contributed by atoms with E-state index in [1.807, 2.05) is 24.3 Å². The Balaban J connectivity index is 1.76. The molecule has 2 N–H and O–H groups in total. The minimum atomic E-state index is -0.441. The number of phenols is 1. The summed E-state index contributed by atoms with van der Waals surface area (Å²) >= 11 is 6.19. The highest BCUT2D eigenvalue weighted by atomic mass is 35.5. The van der Waals surface area contributed by atoms with Gasteiger partial charge in [0.15, 0.2) is 11.5 Å². The molecule has 0 bridgehead atoms. The third-order valence-corrected chi connectivity index (χ3v) is 5.32. The first kappa shape index (κ1) is 17.9. The summed E-state index contributed by atoms with van der Waals surface area (Å²) in [6, 6.07) is 10.8. The van der Waals surface area contributed by atoms with Gasteiger partial charge in [-0.15, -0.1) is 0 Å². The van der Waals surface area contributed by atoms with Crippen LogP contribution >= 0.6 is 11.6 Å². The molecule has 2 aliphatic heterocycles. The standard InChI is InChI=1S/C20H21ClN2O4/c1-26-17-10-12(9-15(21)18(17)24)19-22-16-7-3-2-6-14(16)20(25)23(19)11-13-5-4-8-27-13/h2-3,6-7,9-10,13,19,22,24H,4-5,8,11H2,1H3/t13-,19-/m0/s1. The van der Waals surface area contributed by atoms with Crippen LogP contribution in [0.3, 0.4) is 0 Å². The summed E-state index contributed by atoms with van der Waals surface area (Å²) < 4.78 is 11.0. The van der Waals surface area contributed by atoms with Gasteiger partial charge in [-0.25, -0.2) is 0 Å². The molecule has 27 heavy (non-hydrogen) atoms. The van der Waals surface area contributed by atoms with Gasteiger partial charge in [0.2, 0.25) is 0 Å². The number of fused-ring (bicyclic) bond motifs is 1. The van der Waals surface area contributed by atoms with E-state index in [0.29, 0.717) is 12.1 Å². The number of nitrogens with zero attached hydrogens (tertiary/aromatic N) is 1. The Labute approximate surface area is 162 Å². The highest BCUT2D eigenvalue weighted by molar-refractivity contribution is 6.32. The lowest BCUT2D eigenvalue weighted by molar-refractivity contribution is 0.0426. The fraction of sp³-hybridized carbons (Fsp3) is 0.350. The van der Waals surface area contributed by atoms with Crippen LogP contribution in [0.2, 0.25) is 5.02 Å². The number of hydrogen-bond acceptors (Lipinski definition) is 5. The normalized spacial score (nSPS) is 21.7. The lowest BCUT2D eigenvalue weighted by atomic mass is 10.0. The second-order valence-corrected chi connectivity index (χ2v) is 7.15. The molecule has 0 aliphatic carbocycles. The summed E-state index contributed by atoms with van der Waals surface area (Å²) in [7, 11) is 1.47. The zero-order chi connectivity index (χ0) is 19.0. The summed E-state index contributed by atoms with van der Waals surface area (Å²) in [6.07, 6.45) is 1.50. The first-order valence-electron chi connectivity index (χ1n) is 8.93. The van der Waals surface area contributed by atoms with E-state index in [4.69, 9.17) is 21.1 Å². The van der Waals surface area contributed by atoms with Crippen LogP contribution in [-0.4, -0.2) is 42.3 Å². The average molecular weight is 389 g/mol. The third-order valence-electron chi connectivity index (χ3n) is 5.03. The number of carbonyl (C=O) groups excluding carboxylic acids is 1. The molecule has 2 atom stereocenters. The van der Waals surface area contributed by atoms with Crippen LogP contribution in [0.25, 0.3) is 0 Å². The Hall–Kier alpha value is -2.44. The van der Waals surface area contributed by atoms with Crippen molar-refractivity contribution in [1.29, 1.82) is 0 Å². The zero-order valence-corrected chi connectivity index (χ0v) is 15.7. The van der Waals surface area contributed by atoms with E-state index < -0.39 is 6.17 Å². The number of carbonyl (C=O) groups is 1. The highest BCUT2D eigenvalue weighted by Gasteiger charge is 2.35. The van der Waals surface area contributed by atoms with Gasteiger partial charge in [-0.2, -0.15) is 0 Å². The number of hydrogen-bond donors (Lipinski definition) is 2. The number of methoxy groups -OCH3 is 1. The maximum absolute atomic E-state index is 13.2. The molecule has 7 heteroatoms. The van der Waals surface area contributed by atoms with Crippen molar-refractivity contribution in [3.05, 3.63) is 52.5 Å². The fourth-order valence-corrected chi connectivity index (χ4v) is 3.88. The minimum Gasteiger partial charge on any atom is -0.503 e. The van der Waals surface area contributed by atoms with Gasteiger partial charge in [0.1, 0.15) is 6.17 Å². The maximum Gasteiger partial charge on any atom is 0.257 e. The highest BCUT2D eigenvalue weighted by Crippen LogP contribution is 2.40. The number of nitrogens with one attached hydrogen (secondary N) is 1. The van der Waals surface area contributed by atoms with Gasteiger partial charge >= 0.3 is 0 Å². The number of rotatable bonds is 4. The van der Waals surface area contributed by atoms with E-state index in [0.717, 1.165) is 30.7 Å². The van der Waals surface area contributed by atoms with E-state index in [9.17, 15) is 9.90 Å². The largest absolute Gasteiger partial charge is 0.503 e. The van der Waals surface area contributed by atoms with Gasteiger partial charge in [0.25, 0.3) is 5.91 Å². The van der Waals surface area contributed by atoms with Crippen molar-refractivity contribution in [3.63, 3.8) is 0 Å². The molecule has 0 aromatic heterocycles. The lowest BCUT2D eigenvalue weighted by Crippen LogP contribution is -2.46. The van der Waals surface area contributed by atoms with Crippen LogP contribution in [0.4, 0.5) is 5.69 Å². The van der Waals surface area contributed by atoms with Crippen molar-refractivity contribution in [2.45, 2.75) is 25.1 Å². The lowest BCUT2D eigenvalue weighted by Gasteiger charge is -2.39. The molecule has 4 rings (SSSR count). The molecule has 2 heterocycles. The third kappa shape index (κ3) is 3.31. The van der Waals surface area contributed by atoms with Gasteiger partial charge in [-0.05, 0) is 37.1 Å². The number of halogens is 1. The van der Waals surface area contributed by atoms with Crippen molar-refractivity contribution in [3.8, 4) is 11.5 Å². The average Bonchev–Trinajstić information content (AvgIpc) is 3.19. The van der Waals surface area contributed by atoms with Gasteiger partial charge in [0.05, 0.1) is 23.8 Å². The molecule has 2 aliphatic rings. The Morgan fingerprint density at radius 2 is 2.19 bits per heavy atom. The van der Waals surface area contributed by atoms with Gasteiger partial charge in [-0.1, -0.05) is 23.7 Å². The van der Waals surface area contributed by atoms with Crippen LogP contribution in [-0.2, 0) is 4.74 Å². The summed E-state index contributed by atoms with van der Waals surface area (Å²) in [5, 5.41) is 13.6. The van der Waals surface area contributed by atoms with Gasteiger partial charge in [0, 0.05) is 24.4 Å². The second kappa shape index (κ2) is 7.29. The smallest absolute Gasteiger partial charge is 0.257 e. The van der Waals surface area contributed by atoms with Crippen LogP contribution in [0.5, 0.6) is 11.5 Å². The summed E-state index contributed by atoms with van der Waals surface area (Å²) in [5.74, 6) is 0.0896. The van der Waals surface area contributed by atoms with Crippen molar-refractivity contribution in [2.75, 3.05) is 25.6 Å². The van der Waals surface area contributed by atoms with Crippen molar-refractivity contribution in [1.82, 2.24) is 4.90 Å². The fourth-order valence-electron chi connectivity index (χ4n) is 3.66. The molecule has 1 amide bonds. The summed E-state index contributed by atoms with van der Waals surface area (Å²) in [4.78, 5) is 15.0. The molecule has 0 unspecified atom stereocenters. The Morgan fingerprint density at radius 3 is 2.93 bits per heavy atom. The Morgan fingerprint density at radius 1 is 1.37 bits per heavy atom. The number of ether oxygens (including phenoxy) is 2. The molecule has 2 aromatic carbocycles. The first-order chi connectivity index (χ1) is 13.1. The Bertz CT molecular complexity index is 867. The number of phenolic OH excluding ortho intramolecular Hbond substituents is 1. The van der Waals surface area contributed by atoms with Gasteiger partial charge in [-0.3, -0.25) is 4.79 Å². The predicted octanol–water partition coefficient (Wildman–Crippen LogP) is 3.80. The summed E-state index contributed by atoms with van der Waals surface area (Å²) in [6.45, 7) is 1.20. The van der Waals surface area contributed by atoms with E-state index in [-0.39, 0.29) is 28.5 Å². The van der Waals surface area contributed by atoms with E-state index in [1.165, 1.54) is 7.11 Å². The van der Waals surface area contributed by atoms with Crippen molar-refractivity contribution >= 4 is 23.2 Å². The van der Waals surface area contributed by atoms with Crippen LogP contribution in [0.15, 0.2) is 36.4 Å². The second-order valence-electron chi connectivity index (χ2n) is 6.74. The SMILES string of the molecule is COc1cc([C@H]2Nc3ccccc3C(=O)N2C[C@@H]2CCCO2)cc(Cl)c1O. The molecule has 1 fully saturated rings. The molecule has 6 nitrogen and oxygen atoms in total. The van der Waals surface area contributed by atoms with E-state index >= 15 is 0 Å². The van der Waals surface area contributed by atoms with Crippen molar-refractivity contribution in [2.24, 2.45) is 0 Å². The minimum absolute atomic E-state index is 0.0120. The predicted molar refractivity (Wildman–Crippen MR) is 102 cm³/mol. The van der Waals surface area contributed by atoms with Crippen molar-refractivity contribution < 1.29 is 19.4 Å². The maximum atomic E-state index is 13.2. The number of anilines is 1. The monoisotopic (exact) mass is 388 g/mol. The quantitative estimate of drug-likeness (QED) is 0.833. The number of amides is 1. The van der Waals surface area contributed by atoms with Crippen LogP contribution < -0.4 is 10.1 Å². The topological polar surface area (TPSA) is 71.0 Å². The molecule has 0 spiro atoms. The Kier molecular flexibility index (Phi) is 4.85. The van der Waals surface area contributed by atoms with Crippen LogP contribution in [0, 0.1) is 0 Å². The van der Waals surface area contributed by atoms with Crippen LogP contribution in [0.1, 0.15) is 34.9 Å². The van der Waals surface area contributed by atoms with Gasteiger partial charge < -0.3 is 24.8 Å².